The van der Waals surface area contributed by atoms with Gasteiger partial charge in [0.2, 0.25) is 0 Å². The van der Waals surface area contributed by atoms with E-state index < -0.39 is 0 Å². The van der Waals surface area contributed by atoms with Gasteiger partial charge in [-0.15, -0.1) is 0 Å². The zero-order valence-corrected chi connectivity index (χ0v) is 32.1. The highest BCUT2D eigenvalue weighted by Gasteiger charge is 2.23. The van der Waals surface area contributed by atoms with Gasteiger partial charge in [0.15, 0.2) is 0 Å². The van der Waals surface area contributed by atoms with Crippen LogP contribution in [-0.4, -0.2) is 15.1 Å². The molecular formula is C49H49N3O. The molecule has 0 spiro atoms. The van der Waals surface area contributed by atoms with Crippen LogP contribution in [0.4, 0.5) is 17.2 Å². The van der Waals surface area contributed by atoms with Gasteiger partial charge < -0.3 is 5.11 Å². The minimum Gasteiger partial charge on any atom is -0.507 e. The molecule has 0 aliphatic carbocycles. The highest BCUT2D eigenvalue weighted by molar-refractivity contribution is 5.91. The lowest BCUT2D eigenvalue weighted by Gasteiger charge is -2.28. The van der Waals surface area contributed by atoms with Gasteiger partial charge in [-0.25, -0.2) is 9.97 Å². The van der Waals surface area contributed by atoms with Gasteiger partial charge in [-0.05, 0) is 116 Å². The molecule has 0 radical (unpaired) electrons. The maximum absolute atomic E-state index is 11.0. The van der Waals surface area contributed by atoms with E-state index in [1.165, 1.54) is 27.5 Å². The van der Waals surface area contributed by atoms with E-state index in [1.807, 2.05) is 36.5 Å². The van der Waals surface area contributed by atoms with Crippen LogP contribution in [0.5, 0.6) is 5.75 Å². The van der Waals surface area contributed by atoms with Crippen LogP contribution in [0.25, 0.3) is 44.4 Å². The third kappa shape index (κ3) is 7.45. The number of nitrogens with zero attached hydrogens (tertiary/aromatic N) is 3. The van der Waals surface area contributed by atoms with Crippen LogP contribution in [0.15, 0.2) is 140 Å². The molecule has 7 rings (SSSR count). The molecular weight excluding hydrogens is 647 g/mol. The smallest absolute Gasteiger partial charge is 0.137 e. The van der Waals surface area contributed by atoms with E-state index in [2.05, 4.69) is 157 Å². The molecule has 0 atom stereocenters. The van der Waals surface area contributed by atoms with Crippen LogP contribution < -0.4 is 4.90 Å². The van der Waals surface area contributed by atoms with Crippen molar-refractivity contribution in [2.24, 2.45) is 0 Å². The fourth-order valence-corrected chi connectivity index (χ4v) is 6.92. The quantitative estimate of drug-likeness (QED) is 0.180. The van der Waals surface area contributed by atoms with Crippen molar-refractivity contribution >= 4 is 28.0 Å². The zero-order chi connectivity index (χ0) is 37.5. The molecule has 0 aliphatic rings. The topological polar surface area (TPSA) is 49.2 Å². The molecule has 0 amide bonds. The van der Waals surface area contributed by atoms with Gasteiger partial charge in [-0.3, -0.25) is 4.90 Å². The maximum Gasteiger partial charge on any atom is 0.137 e. The maximum atomic E-state index is 11.0. The van der Waals surface area contributed by atoms with Crippen LogP contribution in [0, 0.1) is 0 Å². The van der Waals surface area contributed by atoms with Crippen molar-refractivity contribution in [1.29, 1.82) is 0 Å². The first-order valence-electron chi connectivity index (χ1n) is 18.6. The lowest BCUT2D eigenvalue weighted by Crippen LogP contribution is -2.16. The van der Waals surface area contributed by atoms with E-state index in [0.29, 0.717) is 5.56 Å². The molecule has 2 aromatic heterocycles. The Balaban J connectivity index is 1.45. The number of phenols is 1. The van der Waals surface area contributed by atoms with E-state index in [-0.39, 0.29) is 22.5 Å². The summed E-state index contributed by atoms with van der Waals surface area (Å²) < 4.78 is 0. The molecule has 0 aliphatic heterocycles. The number of para-hydroxylation sites is 1. The van der Waals surface area contributed by atoms with Crippen molar-refractivity contribution in [1.82, 2.24) is 9.97 Å². The summed E-state index contributed by atoms with van der Waals surface area (Å²) >= 11 is 0. The molecule has 5 aromatic carbocycles. The fraction of sp³-hybridized carbons (Fsp3) is 0.224. The first-order valence-corrected chi connectivity index (χ1v) is 18.6. The van der Waals surface area contributed by atoms with E-state index in [9.17, 15) is 5.11 Å². The second kappa shape index (κ2) is 14.0. The molecule has 4 heteroatoms. The summed E-state index contributed by atoms with van der Waals surface area (Å²) in [5.74, 6) is 1.33. The average molecular weight is 696 g/mol. The lowest BCUT2D eigenvalue weighted by molar-refractivity contribution is 0.477. The number of phenolic OH excluding ortho intramolecular Hbond substituents is 1. The summed E-state index contributed by atoms with van der Waals surface area (Å²) in [7, 11) is 0. The van der Waals surface area contributed by atoms with Crippen LogP contribution in [0.3, 0.4) is 0 Å². The molecule has 7 aromatic rings. The second-order valence-corrected chi connectivity index (χ2v) is 16.4. The van der Waals surface area contributed by atoms with Gasteiger partial charge in [0.1, 0.15) is 11.6 Å². The van der Waals surface area contributed by atoms with Gasteiger partial charge in [0, 0.05) is 23.0 Å². The third-order valence-electron chi connectivity index (χ3n) is 10.0. The van der Waals surface area contributed by atoms with Crippen molar-refractivity contribution in [2.75, 3.05) is 4.90 Å². The molecule has 0 bridgehead atoms. The zero-order valence-electron chi connectivity index (χ0n) is 32.1. The number of aromatic hydroxyl groups is 1. The number of rotatable bonds is 7. The van der Waals surface area contributed by atoms with Crippen LogP contribution in [-0.2, 0) is 10.8 Å². The normalized spacial score (nSPS) is 12.0. The Hall–Kier alpha value is -5.74. The summed E-state index contributed by atoms with van der Waals surface area (Å²) in [6.45, 7) is 18.1. The predicted molar refractivity (Wildman–Crippen MR) is 224 cm³/mol. The Kier molecular flexibility index (Phi) is 9.42. The first kappa shape index (κ1) is 35.7. The minimum atomic E-state index is -0.0345. The molecule has 1 N–H and O–H groups in total. The average Bonchev–Trinajstić information content (AvgIpc) is 3.14. The summed E-state index contributed by atoms with van der Waals surface area (Å²) in [4.78, 5) is 12.4. The molecule has 2 heterocycles. The third-order valence-corrected chi connectivity index (χ3v) is 10.0. The second-order valence-electron chi connectivity index (χ2n) is 16.4. The molecule has 0 saturated carbocycles. The SMILES string of the molecule is CC(C)c1cc2ccccc2cc1N(c1cccc(-c2cc(-c3cc(C(C)(C)C)cc(C(C)(C)C)c3)cc(-c3ccccc3O)n2)c1)c1ccccn1. The number of benzene rings is 5. The molecule has 53 heavy (non-hydrogen) atoms. The number of hydrogen-bond acceptors (Lipinski definition) is 4. The Morgan fingerprint density at radius 3 is 1.83 bits per heavy atom. The van der Waals surface area contributed by atoms with Crippen molar-refractivity contribution in [3.05, 3.63) is 156 Å². The first-order chi connectivity index (χ1) is 25.3. The van der Waals surface area contributed by atoms with Crippen LogP contribution in [0.2, 0.25) is 0 Å². The summed E-state index contributed by atoms with van der Waals surface area (Å²) in [6.07, 6.45) is 1.85. The van der Waals surface area contributed by atoms with E-state index in [0.717, 1.165) is 45.3 Å². The van der Waals surface area contributed by atoms with Crippen molar-refractivity contribution in [3.8, 4) is 39.4 Å². The van der Waals surface area contributed by atoms with Crippen molar-refractivity contribution < 1.29 is 5.11 Å². The Bertz CT molecular complexity index is 2380. The van der Waals surface area contributed by atoms with Gasteiger partial charge in [-0.1, -0.05) is 128 Å². The molecule has 266 valence electrons. The summed E-state index contributed by atoms with van der Waals surface area (Å²) in [5.41, 5.74) is 11.2. The lowest BCUT2D eigenvalue weighted by atomic mass is 9.79. The Morgan fingerprint density at radius 2 is 1.19 bits per heavy atom. The predicted octanol–water partition coefficient (Wildman–Crippen LogP) is 13.5. The molecule has 4 nitrogen and oxygen atoms in total. The standard InChI is InChI=1S/C49H49N3O/c1-32(2)42-27-33-16-9-10-17-34(33)30-45(42)52(47-22-13-14-23-50-47)40-19-15-18-35(26-40)43-28-37(29-44(51-43)41-20-11-12-21-46(41)53)36-24-38(48(3,4)5)31-39(25-36)49(6,7)8/h9-32,53H,1-8H3. The number of anilines is 3. The number of pyridine rings is 2. The summed E-state index contributed by atoms with van der Waals surface area (Å²) in [5, 5.41) is 13.4. The minimum absolute atomic E-state index is 0.0345. The van der Waals surface area contributed by atoms with Crippen molar-refractivity contribution in [3.63, 3.8) is 0 Å². The Morgan fingerprint density at radius 1 is 0.566 bits per heavy atom. The van der Waals surface area contributed by atoms with Gasteiger partial charge in [0.05, 0.1) is 17.1 Å². The monoisotopic (exact) mass is 695 g/mol. The Labute approximate surface area is 314 Å². The van der Waals surface area contributed by atoms with Gasteiger partial charge in [-0.2, -0.15) is 0 Å². The molecule has 0 unspecified atom stereocenters. The highest BCUT2D eigenvalue weighted by Crippen LogP contribution is 2.43. The van der Waals surface area contributed by atoms with E-state index in [1.54, 1.807) is 6.07 Å². The number of hydrogen-bond donors (Lipinski definition) is 1. The number of fused-ring (bicyclic) bond motifs is 1. The van der Waals surface area contributed by atoms with Gasteiger partial charge >= 0.3 is 0 Å². The van der Waals surface area contributed by atoms with Gasteiger partial charge in [0.25, 0.3) is 0 Å². The highest BCUT2D eigenvalue weighted by atomic mass is 16.3. The van der Waals surface area contributed by atoms with Crippen LogP contribution in [0.1, 0.15) is 78.0 Å². The largest absolute Gasteiger partial charge is 0.507 e. The van der Waals surface area contributed by atoms with E-state index in [4.69, 9.17) is 9.97 Å². The fourth-order valence-electron chi connectivity index (χ4n) is 6.92. The van der Waals surface area contributed by atoms with E-state index >= 15 is 0 Å². The molecule has 0 saturated heterocycles. The number of aromatic nitrogens is 2. The summed E-state index contributed by atoms with van der Waals surface area (Å²) in [6, 6.07) is 46.5. The van der Waals surface area contributed by atoms with Crippen molar-refractivity contribution in [2.45, 2.75) is 72.1 Å². The van der Waals surface area contributed by atoms with Crippen LogP contribution >= 0.6 is 0 Å². The molecule has 0 fully saturated rings.